The minimum absolute atomic E-state index is 0.113. The highest BCUT2D eigenvalue weighted by atomic mass is 32.1. The van der Waals surface area contributed by atoms with Gasteiger partial charge >= 0.3 is 0 Å². The van der Waals surface area contributed by atoms with Crippen LogP contribution >= 0.6 is 11.3 Å². The van der Waals surface area contributed by atoms with Crippen LogP contribution in [0.4, 0.5) is 4.39 Å². The Bertz CT molecular complexity index is 1080. The molecule has 1 aliphatic rings. The number of rotatable bonds is 5. The van der Waals surface area contributed by atoms with Gasteiger partial charge in [0.15, 0.2) is 5.82 Å². The molecule has 9 heteroatoms. The molecule has 2 aromatic heterocycles. The van der Waals surface area contributed by atoms with E-state index in [1.807, 2.05) is 31.4 Å². The van der Waals surface area contributed by atoms with E-state index >= 15 is 0 Å². The zero-order chi connectivity index (χ0) is 22.0. The average molecular weight is 439 g/mol. The molecule has 1 fully saturated rings. The normalized spacial score (nSPS) is 15.8. The van der Waals surface area contributed by atoms with E-state index in [9.17, 15) is 14.4 Å². The van der Waals surface area contributed by atoms with Crippen LogP contribution in [0.15, 0.2) is 41.8 Å². The molecule has 0 spiro atoms. The van der Waals surface area contributed by atoms with Crippen molar-refractivity contribution in [3.63, 3.8) is 0 Å². The lowest BCUT2D eigenvalue weighted by molar-refractivity contribution is 0.0565. The number of aromatic nitrogens is 3. The van der Waals surface area contributed by atoms with Gasteiger partial charge in [0, 0.05) is 26.2 Å². The first-order valence-corrected chi connectivity index (χ1v) is 11.1. The zero-order valence-corrected chi connectivity index (χ0v) is 18.2. The van der Waals surface area contributed by atoms with Gasteiger partial charge in [0.2, 0.25) is 5.82 Å². The molecule has 3 aromatic rings. The summed E-state index contributed by atoms with van der Waals surface area (Å²) in [6, 6.07) is 12.0. The van der Waals surface area contributed by atoms with E-state index in [4.69, 9.17) is 0 Å². The van der Waals surface area contributed by atoms with Crippen molar-refractivity contribution >= 4 is 17.2 Å². The van der Waals surface area contributed by atoms with Crippen LogP contribution in [0.5, 0.6) is 0 Å². The molecule has 1 unspecified atom stereocenters. The lowest BCUT2D eigenvalue weighted by atomic mass is 10.0. The summed E-state index contributed by atoms with van der Waals surface area (Å²) in [5.41, 5.74) is 0.634. The van der Waals surface area contributed by atoms with Crippen LogP contribution in [0.25, 0.3) is 16.4 Å². The summed E-state index contributed by atoms with van der Waals surface area (Å²) in [6.07, 6.45) is 0. The highest BCUT2D eigenvalue weighted by Crippen LogP contribution is 2.26. The molecule has 0 saturated carbocycles. The van der Waals surface area contributed by atoms with E-state index in [2.05, 4.69) is 21.1 Å². The Hall–Kier alpha value is -3.09. The number of hydrogen-bond donors (Lipinski definition) is 0. The summed E-state index contributed by atoms with van der Waals surface area (Å²) in [5.74, 6) is 0.313. The second-order valence-corrected chi connectivity index (χ2v) is 8.72. The number of thiophene rings is 1. The predicted octanol–water partition coefficient (Wildman–Crippen LogP) is 3.44. The highest BCUT2D eigenvalue weighted by Gasteiger charge is 2.30. The molecular formula is C22H23FN6OS. The first-order chi connectivity index (χ1) is 15.0. The van der Waals surface area contributed by atoms with Crippen molar-refractivity contribution in [2.24, 2.45) is 5.92 Å². The van der Waals surface area contributed by atoms with Crippen LogP contribution in [0, 0.1) is 23.1 Å². The van der Waals surface area contributed by atoms with Crippen LogP contribution in [0.2, 0.25) is 0 Å². The number of carbonyl (C=O) groups is 1. The van der Waals surface area contributed by atoms with Gasteiger partial charge in [-0.1, -0.05) is 19.9 Å². The predicted molar refractivity (Wildman–Crippen MR) is 116 cm³/mol. The number of carbonyl (C=O) groups excluding carboxylic acids is 1. The standard InChI is InChI=1S/C22H23FN6OS/c1-15(2)18(14-24)27-9-11-28(12-10-27)22(30)20-25-21(19-4-3-13-31-19)29(26-20)17-7-5-16(23)6-8-17/h3-8,13,15,18H,9-12H2,1-2H3. The lowest BCUT2D eigenvalue weighted by Gasteiger charge is -2.37. The van der Waals surface area contributed by atoms with Crippen LogP contribution in [0.1, 0.15) is 24.5 Å². The van der Waals surface area contributed by atoms with Gasteiger partial charge in [-0.3, -0.25) is 9.69 Å². The molecule has 0 N–H and O–H groups in total. The number of nitrogens with zero attached hydrogens (tertiary/aromatic N) is 6. The second-order valence-electron chi connectivity index (χ2n) is 7.77. The zero-order valence-electron chi connectivity index (χ0n) is 17.4. The Balaban J connectivity index is 1.57. The van der Waals surface area contributed by atoms with Crippen LogP contribution < -0.4 is 0 Å². The summed E-state index contributed by atoms with van der Waals surface area (Å²) < 4.78 is 15.0. The lowest BCUT2D eigenvalue weighted by Crippen LogP contribution is -2.53. The van der Waals surface area contributed by atoms with Crippen molar-refractivity contribution in [2.75, 3.05) is 26.2 Å². The molecule has 7 nitrogen and oxygen atoms in total. The molecule has 1 aromatic carbocycles. The van der Waals surface area contributed by atoms with Crippen molar-refractivity contribution in [2.45, 2.75) is 19.9 Å². The largest absolute Gasteiger partial charge is 0.333 e. The molecule has 3 heterocycles. The van der Waals surface area contributed by atoms with Crippen LogP contribution in [-0.4, -0.2) is 62.7 Å². The van der Waals surface area contributed by atoms with Crippen molar-refractivity contribution < 1.29 is 9.18 Å². The summed E-state index contributed by atoms with van der Waals surface area (Å²) in [5, 5.41) is 15.8. The third-order valence-electron chi connectivity index (χ3n) is 5.37. The van der Waals surface area contributed by atoms with Crippen molar-refractivity contribution in [1.82, 2.24) is 24.6 Å². The maximum absolute atomic E-state index is 13.4. The smallest absolute Gasteiger partial charge is 0.293 e. The van der Waals surface area contributed by atoms with E-state index in [0.29, 0.717) is 37.7 Å². The summed E-state index contributed by atoms with van der Waals surface area (Å²) in [6.45, 7) is 6.37. The van der Waals surface area contributed by atoms with Gasteiger partial charge in [-0.2, -0.15) is 5.26 Å². The maximum atomic E-state index is 13.4. The number of benzene rings is 1. The van der Waals surface area contributed by atoms with E-state index in [0.717, 1.165) is 4.88 Å². The Morgan fingerprint density at radius 1 is 1.16 bits per heavy atom. The van der Waals surface area contributed by atoms with Gasteiger partial charge in [-0.05, 0) is 41.6 Å². The maximum Gasteiger partial charge on any atom is 0.293 e. The SMILES string of the molecule is CC(C)C(C#N)N1CCN(C(=O)c2nc(-c3cccs3)n(-c3ccc(F)cc3)n2)CC1. The highest BCUT2D eigenvalue weighted by molar-refractivity contribution is 7.13. The van der Waals surface area contributed by atoms with Gasteiger partial charge in [0.1, 0.15) is 11.9 Å². The molecule has 1 aliphatic heterocycles. The Morgan fingerprint density at radius 2 is 1.87 bits per heavy atom. The molecule has 0 radical (unpaired) electrons. The number of amides is 1. The molecule has 160 valence electrons. The van der Waals surface area contributed by atoms with Crippen LogP contribution in [0.3, 0.4) is 0 Å². The Labute approximate surface area is 184 Å². The van der Waals surface area contributed by atoms with Crippen molar-refractivity contribution in [1.29, 1.82) is 5.26 Å². The fourth-order valence-electron chi connectivity index (χ4n) is 3.73. The topological polar surface area (TPSA) is 78.0 Å². The molecule has 4 rings (SSSR count). The molecule has 31 heavy (non-hydrogen) atoms. The van der Waals surface area contributed by atoms with Gasteiger partial charge in [-0.15, -0.1) is 16.4 Å². The molecule has 0 bridgehead atoms. The molecule has 1 saturated heterocycles. The number of nitriles is 1. The first-order valence-electron chi connectivity index (χ1n) is 10.2. The van der Waals surface area contributed by atoms with Crippen LogP contribution in [-0.2, 0) is 0 Å². The van der Waals surface area contributed by atoms with Gasteiger partial charge in [0.25, 0.3) is 5.91 Å². The number of hydrogen-bond acceptors (Lipinski definition) is 6. The van der Waals surface area contributed by atoms with Gasteiger partial charge in [-0.25, -0.2) is 14.1 Å². The van der Waals surface area contributed by atoms with Gasteiger partial charge in [0.05, 0.1) is 16.6 Å². The molecule has 0 aliphatic carbocycles. The summed E-state index contributed by atoms with van der Waals surface area (Å²) in [4.78, 5) is 22.4. The van der Waals surface area contributed by atoms with Crippen molar-refractivity contribution in [3.8, 4) is 22.5 Å². The fourth-order valence-corrected chi connectivity index (χ4v) is 4.43. The van der Waals surface area contributed by atoms with E-state index < -0.39 is 0 Å². The van der Waals surface area contributed by atoms with Crippen molar-refractivity contribution in [3.05, 3.63) is 53.4 Å². The third kappa shape index (κ3) is 4.36. The van der Waals surface area contributed by atoms with E-state index in [1.54, 1.807) is 21.7 Å². The third-order valence-corrected chi connectivity index (χ3v) is 6.24. The van der Waals surface area contributed by atoms with E-state index in [-0.39, 0.29) is 29.5 Å². The summed E-state index contributed by atoms with van der Waals surface area (Å²) in [7, 11) is 0. The number of halogens is 1. The molecule has 1 amide bonds. The second kappa shape index (κ2) is 8.96. The summed E-state index contributed by atoms with van der Waals surface area (Å²) >= 11 is 1.50. The molecular weight excluding hydrogens is 415 g/mol. The minimum atomic E-state index is -0.340. The fraction of sp³-hybridized carbons (Fsp3) is 0.364. The van der Waals surface area contributed by atoms with E-state index in [1.165, 1.54) is 23.5 Å². The van der Waals surface area contributed by atoms with Gasteiger partial charge < -0.3 is 4.90 Å². The Kier molecular flexibility index (Phi) is 6.11. The number of piperazine rings is 1. The average Bonchev–Trinajstić information content (AvgIpc) is 3.44. The molecule has 1 atom stereocenters. The Morgan fingerprint density at radius 3 is 2.45 bits per heavy atom. The first kappa shape index (κ1) is 21.2. The quantitative estimate of drug-likeness (QED) is 0.610. The monoisotopic (exact) mass is 438 g/mol. The minimum Gasteiger partial charge on any atom is -0.333 e.